The molecule has 1 aromatic heterocycles. The predicted octanol–water partition coefficient (Wildman–Crippen LogP) is 2.20. The topological polar surface area (TPSA) is 63.7 Å². The standard InChI is InChI=1S/C14H18FNO4S2/c1-22(18,19)20-9-14(15)6-11-2-3-12(7-14)16(11)13(17)10-4-5-21-8-10/h4-5,8,11-12H,2-3,6-7,9H2,1H3/t11-,12+,14?. The third-order valence-corrected chi connectivity index (χ3v) is 5.59. The van der Waals surface area contributed by atoms with Crippen LogP contribution in [0.3, 0.4) is 0 Å². The Balaban J connectivity index is 1.72. The van der Waals surface area contributed by atoms with Crippen LogP contribution in [0.2, 0.25) is 0 Å². The van der Waals surface area contributed by atoms with E-state index in [1.165, 1.54) is 11.3 Å². The highest BCUT2D eigenvalue weighted by Crippen LogP contribution is 2.43. The number of halogens is 1. The van der Waals surface area contributed by atoms with Crippen LogP contribution < -0.4 is 0 Å². The van der Waals surface area contributed by atoms with Gasteiger partial charge in [0.25, 0.3) is 16.0 Å². The third-order valence-electron chi connectivity index (χ3n) is 4.36. The van der Waals surface area contributed by atoms with Crippen molar-refractivity contribution in [3.8, 4) is 0 Å². The molecule has 1 aromatic rings. The molecule has 5 nitrogen and oxygen atoms in total. The van der Waals surface area contributed by atoms with Crippen LogP contribution in [0.4, 0.5) is 4.39 Å². The summed E-state index contributed by atoms with van der Waals surface area (Å²) in [5.74, 6) is -0.0557. The number of piperidine rings is 1. The second-order valence-electron chi connectivity index (χ2n) is 6.13. The molecule has 2 saturated heterocycles. The lowest BCUT2D eigenvalue weighted by atomic mass is 9.88. The van der Waals surface area contributed by atoms with Gasteiger partial charge in [-0.25, -0.2) is 4.39 Å². The van der Waals surface area contributed by atoms with Gasteiger partial charge in [-0.3, -0.25) is 8.98 Å². The molecule has 3 heterocycles. The largest absolute Gasteiger partial charge is 0.332 e. The first kappa shape index (κ1) is 15.9. The first-order valence-corrected chi connectivity index (χ1v) is 9.92. The first-order chi connectivity index (χ1) is 10.3. The maximum atomic E-state index is 14.9. The van der Waals surface area contributed by atoms with Crippen LogP contribution in [-0.4, -0.2) is 49.8 Å². The molecule has 3 rings (SSSR count). The Labute approximate surface area is 133 Å². The van der Waals surface area contributed by atoms with E-state index < -0.39 is 22.4 Å². The van der Waals surface area contributed by atoms with Crippen LogP contribution in [0.15, 0.2) is 16.8 Å². The number of carbonyl (C=O) groups excluding carboxylic acids is 1. The van der Waals surface area contributed by atoms with Crippen molar-refractivity contribution in [2.24, 2.45) is 0 Å². The second-order valence-corrected chi connectivity index (χ2v) is 8.56. The van der Waals surface area contributed by atoms with E-state index in [0.29, 0.717) is 5.56 Å². The number of alkyl halides is 1. The van der Waals surface area contributed by atoms with E-state index in [4.69, 9.17) is 0 Å². The minimum Gasteiger partial charge on any atom is -0.332 e. The van der Waals surface area contributed by atoms with Gasteiger partial charge >= 0.3 is 0 Å². The maximum absolute atomic E-state index is 14.9. The summed E-state index contributed by atoms with van der Waals surface area (Å²) < 4.78 is 41.7. The van der Waals surface area contributed by atoms with Gasteiger partial charge in [0.15, 0.2) is 0 Å². The molecule has 8 heteroatoms. The molecule has 0 aliphatic carbocycles. The summed E-state index contributed by atoms with van der Waals surface area (Å²) in [6.45, 7) is -0.459. The fourth-order valence-corrected chi connectivity index (χ4v) is 4.54. The van der Waals surface area contributed by atoms with Gasteiger partial charge in [-0.1, -0.05) is 0 Å². The van der Waals surface area contributed by atoms with Gasteiger partial charge in [-0.05, 0) is 24.3 Å². The van der Waals surface area contributed by atoms with Crippen LogP contribution in [0, 0.1) is 0 Å². The molecule has 0 N–H and O–H groups in total. The van der Waals surface area contributed by atoms with Crippen molar-refractivity contribution in [2.45, 2.75) is 43.4 Å². The van der Waals surface area contributed by atoms with E-state index in [1.807, 2.05) is 5.38 Å². The molecule has 22 heavy (non-hydrogen) atoms. The third kappa shape index (κ3) is 3.18. The lowest BCUT2D eigenvalue weighted by Gasteiger charge is -2.42. The predicted molar refractivity (Wildman–Crippen MR) is 81.2 cm³/mol. The van der Waals surface area contributed by atoms with Crippen molar-refractivity contribution in [3.05, 3.63) is 22.4 Å². The molecule has 122 valence electrons. The normalized spacial score (nSPS) is 31.5. The Morgan fingerprint density at radius 2 is 2.09 bits per heavy atom. The van der Waals surface area contributed by atoms with Crippen LogP contribution in [0.1, 0.15) is 36.0 Å². The van der Waals surface area contributed by atoms with Crippen LogP contribution in [0.25, 0.3) is 0 Å². The Bertz CT molecular complexity index is 644. The minimum absolute atomic E-state index is 0.0557. The van der Waals surface area contributed by atoms with Gasteiger partial charge in [-0.15, -0.1) is 0 Å². The lowest BCUT2D eigenvalue weighted by molar-refractivity contribution is -0.0101. The number of thiophene rings is 1. The second kappa shape index (κ2) is 5.58. The van der Waals surface area contributed by atoms with Crippen molar-refractivity contribution in [2.75, 3.05) is 12.9 Å². The molecule has 0 aromatic carbocycles. The number of nitrogens with zero attached hydrogens (tertiary/aromatic N) is 1. The highest BCUT2D eigenvalue weighted by Gasteiger charge is 2.51. The van der Waals surface area contributed by atoms with E-state index in [-0.39, 0.29) is 30.8 Å². The summed E-state index contributed by atoms with van der Waals surface area (Å²) in [6.07, 6.45) is 2.69. The molecule has 2 aliphatic rings. The van der Waals surface area contributed by atoms with Gasteiger partial charge in [0.1, 0.15) is 12.3 Å². The maximum Gasteiger partial charge on any atom is 0.264 e. The molecule has 2 fully saturated rings. The Morgan fingerprint density at radius 1 is 1.45 bits per heavy atom. The molecular weight excluding hydrogens is 329 g/mol. The van der Waals surface area contributed by atoms with Gasteiger partial charge in [0, 0.05) is 30.3 Å². The lowest BCUT2D eigenvalue weighted by Crippen LogP contribution is -2.53. The fraction of sp³-hybridized carbons (Fsp3) is 0.643. The Morgan fingerprint density at radius 3 is 2.59 bits per heavy atom. The first-order valence-electron chi connectivity index (χ1n) is 7.16. The molecule has 0 spiro atoms. The molecule has 3 atom stereocenters. The van der Waals surface area contributed by atoms with Gasteiger partial charge in [-0.2, -0.15) is 19.8 Å². The van der Waals surface area contributed by atoms with E-state index in [9.17, 15) is 17.6 Å². The Hall–Kier alpha value is -0.990. The molecule has 1 unspecified atom stereocenters. The number of rotatable bonds is 4. The summed E-state index contributed by atoms with van der Waals surface area (Å²) in [6, 6.07) is 1.41. The van der Waals surface area contributed by atoms with Gasteiger partial charge in [0.05, 0.1) is 11.8 Å². The summed E-state index contributed by atoms with van der Waals surface area (Å²) >= 11 is 1.46. The highest BCUT2D eigenvalue weighted by molar-refractivity contribution is 7.85. The van der Waals surface area contributed by atoms with Gasteiger partial charge in [0.2, 0.25) is 0 Å². The van der Waals surface area contributed by atoms with Crippen molar-refractivity contribution in [3.63, 3.8) is 0 Å². The zero-order valence-electron chi connectivity index (χ0n) is 12.2. The van der Waals surface area contributed by atoms with E-state index in [1.54, 1.807) is 16.3 Å². The molecule has 2 bridgehead atoms. The van der Waals surface area contributed by atoms with Gasteiger partial charge < -0.3 is 4.90 Å². The van der Waals surface area contributed by atoms with Crippen LogP contribution >= 0.6 is 11.3 Å². The monoisotopic (exact) mass is 347 g/mol. The Kier molecular flexibility index (Phi) is 4.03. The molecule has 2 aliphatic heterocycles. The van der Waals surface area contributed by atoms with E-state index in [0.717, 1.165) is 19.1 Å². The number of fused-ring (bicyclic) bond motifs is 2. The number of hydrogen-bond donors (Lipinski definition) is 0. The summed E-state index contributed by atoms with van der Waals surface area (Å²) in [7, 11) is -3.66. The average molecular weight is 347 g/mol. The quantitative estimate of drug-likeness (QED) is 0.784. The summed E-state index contributed by atoms with van der Waals surface area (Å²) in [5.41, 5.74) is -1.04. The zero-order valence-corrected chi connectivity index (χ0v) is 13.8. The summed E-state index contributed by atoms with van der Waals surface area (Å²) in [5, 5.41) is 3.64. The van der Waals surface area contributed by atoms with Crippen molar-refractivity contribution in [1.29, 1.82) is 0 Å². The van der Waals surface area contributed by atoms with Crippen LogP contribution in [-0.2, 0) is 14.3 Å². The number of carbonyl (C=O) groups is 1. The highest BCUT2D eigenvalue weighted by atomic mass is 32.2. The zero-order chi connectivity index (χ0) is 16.0. The van der Waals surface area contributed by atoms with E-state index >= 15 is 0 Å². The van der Waals surface area contributed by atoms with Crippen molar-refractivity contribution in [1.82, 2.24) is 4.90 Å². The minimum atomic E-state index is -3.66. The smallest absolute Gasteiger partial charge is 0.264 e. The van der Waals surface area contributed by atoms with Crippen LogP contribution in [0.5, 0.6) is 0 Å². The number of hydrogen-bond acceptors (Lipinski definition) is 5. The fourth-order valence-electron chi connectivity index (χ4n) is 3.49. The molecule has 1 amide bonds. The SMILES string of the molecule is CS(=O)(=O)OCC1(F)C[C@H]2CC[C@@H](C1)N2C(=O)c1ccsc1. The average Bonchev–Trinajstić information content (AvgIpc) is 3.03. The summed E-state index contributed by atoms with van der Waals surface area (Å²) in [4.78, 5) is 14.3. The molecule has 0 saturated carbocycles. The molecule has 0 radical (unpaired) electrons. The number of amides is 1. The van der Waals surface area contributed by atoms with Crippen molar-refractivity contribution >= 4 is 27.4 Å². The van der Waals surface area contributed by atoms with Crippen molar-refractivity contribution < 1.29 is 21.8 Å². The van der Waals surface area contributed by atoms with E-state index in [2.05, 4.69) is 4.18 Å². The molecular formula is C14H18FNO4S2.